The van der Waals surface area contributed by atoms with E-state index in [1.165, 1.54) is 128 Å². The molecule has 0 aliphatic heterocycles. The van der Waals surface area contributed by atoms with E-state index in [0.29, 0.717) is 18.1 Å². The molecule has 0 aromatic carbocycles. The Bertz CT molecular complexity index is 468. The quantitative estimate of drug-likeness (QED) is 0.0740. The lowest BCUT2D eigenvalue weighted by Gasteiger charge is -2.19. The van der Waals surface area contributed by atoms with Gasteiger partial charge in [-0.25, -0.2) is 4.79 Å². The van der Waals surface area contributed by atoms with Crippen molar-refractivity contribution in [2.45, 2.75) is 163 Å². The van der Waals surface area contributed by atoms with E-state index < -0.39 is 0 Å². The molecule has 0 saturated heterocycles. The zero-order valence-electron chi connectivity index (χ0n) is 24.1. The van der Waals surface area contributed by atoms with Crippen LogP contribution in [0.5, 0.6) is 0 Å². The molecule has 0 heterocycles. The molecule has 0 bridgehead atoms. The first-order chi connectivity index (χ1) is 16.4. The van der Waals surface area contributed by atoms with Gasteiger partial charge in [-0.15, -0.1) is 0 Å². The first-order valence-corrected chi connectivity index (χ1v) is 15.2. The first kappa shape index (κ1) is 33.2. The van der Waals surface area contributed by atoms with Crippen LogP contribution in [-0.4, -0.2) is 12.6 Å². The Balaban J connectivity index is 4.03. The smallest absolute Gasteiger partial charge is 0.333 e. The van der Waals surface area contributed by atoms with Crippen LogP contribution in [0.25, 0.3) is 0 Å². The number of hydrogen-bond donors (Lipinski definition) is 0. The molecule has 0 amide bonds. The van der Waals surface area contributed by atoms with Gasteiger partial charge in [0.1, 0.15) is 0 Å². The number of unbranched alkanes of at least 4 members (excludes halogenated alkanes) is 13. The Morgan fingerprint density at radius 2 is 1.12 bits per heavy atom. The largest absolute Gasteiger partial charge is 0.462 e. The summed E-state index contributed by atoms with van der Waals surface area (Å²) in [7, 11) is 0. The van der Waals surface area contributed by atoms with Gasteiger partial charge in [0.2, 0.25) is 0 Å². The molecule has 2 atom stereocenters. The van der Waals surface area contributed by atoms with Crippen molar-refractivity contribution in [2.75, 3.05) is 6.61 Å². The molecule has 0 saturated carbocycles. The summed E-state index contributed by atoms with van der Waals surface area (Å²) in [4.78, 5) is 11.9. The van der Waals surface area contributed by atoms with E-state index in [9.17, 15) is 4.79 Å². The number of ether oxygens (including phenoxy) is 1. The van der Waals surface area contributed by atoms with Gasteiger partial charge in [-0.3, -0.25) is 0 Å². The summed E-state index contributed by atoms with van der Waals surface area (Å²) in [5, 5.41) is 0. The van der Waals surface area contributed by atoms with Crippen molar-refractivity contribution < 1.29 is 9.53 Å². The molecule has 0 aliphatic rings. The molecule has 0 aromatic heterocycles. The van der Waals surface area contributed by atoms with Crippen molar-refractivity contribution in [3.63, 3.8) is 0 Å². The standard InChI is InChI=1S/C32H62O2/c1-7-8-9-10-11-14-17-20-23-30(6)25-26-31(27-34-32(33)29(4)5)24-21-18-15-12-13-16-19-22-28(2)3/h28,30-31H,4,7-27H2,1-3,5-6H3. The first-order valence-electron chi connectivity index (χ1n) is 15.2. The molecule has 2 unspecified atom stereocenters. The molecule has 2 nitrogen and oxygen atoms in total. The predicted octanol–water partition coefficient (Wildman–Crippen LogP) is 10.8. The maximum atomic E-state index is 11.9. The molecular weight excluding hydrogens is 416 g/mol. The summed E-state index contributed by atoms with van der Waals surface area (Å²) in [6.45, 7) is 15.4. The average molecular weight is 479 g/mol. The molecule has 0 fully saturated rings. The highest BCUT2D eigenvalue weighted by atomic mass is 16.5. The normalized spacial score (nSPS) is 13.2. The minimum atomic E-state index is -0.224. The van der Waals surface area contributed by atoms with Crippen molar-refractivity contribution in [1.29, 1.82) is 0 Å². The molecule has 202 valence electrons. The number of carbonyl (C=O) groups excluding carboxylic acids is 1. The molecule has 34 heavy (non-hydrogen) atoms. The lowest BCUT2D eigenvalue weighted by Crippen LogP contribution is -2.16. The van der Waals surface area contributed by atoms with Crippen LogP contribution in [0.1, 0.15) is 163 Å². The molecule has 0 aromatic rings. The Labute approximate surface area is 215 Å². The second kappa shape index (κ2) is 23.9. The van der Waals surface area contributed by atoms with Crippen LogP contribution in [0.4, 0.5) is 0 Å². The average Bonchev–Trinajstić information content (AvgIpc) is 2.80. The lowest BCUT2D eigenvalue weighted by atomic mass is 9.90. The number of esters is 1. The molecule has 0 aliphatic carbocycles. The molecule has 0 spiro atoms. The second-order valence-electron chi connectivity index (χ2n) is 11.6. The third-order valence-corrected chi connectivity index (χ3v) is 7.31. The number of hydrogen-bond acceptors (Lipinski definition) is 2. The summed E-state index contributed by atoms with van der Waals surface area (Å²) >= 11 is 0. The highest BCUT2D eigenvalue weighted by molar-refractivity contribution is 5.86. The zero-order chi connectivity index (χ0) is 25.4. The van der Waals surface area contributed by atoms with E-state index in [1.54, 1.807) is 6.92 Å². The fraction of sp³-hybridized carbons (Fsp3) is 0.906. The minimum absolute atomic E-state index is 0.224. The van der Waals surface area contributed by atoms with Crippen molar-refractivity contribution >= 4 is 5.97 Å². The van der Waals surface area contributed by atoms with E-state index in [0.717, 1.165) is 11.8 Å². The van der Waals surface area contributed by atoms with E-state index in [-0.39, 0.29) is 5.97 Å². The topological polar surface area (TPSA) is 26.3 Å². The number of carbonyl (C=O) groups is 1. The maximum Gasteiger partial charge on any atom is 0.333 e. The number of rotatable bonds is 25. The van der Waals surface area contributed by atoms with Crippen molar-refractivity contribution in [3.05, 3.63) is 12.2 Å². The summed E-state index contributed by atoms with van der Waals surface area (Å²) in [5.41, 5.74) is 0.513. The Morgan fingerprint density at radius 1 is 0.647 bits per heavy atom. The molecule has 0 rings (SSSR count). The van der Waals surface area contributed by atoms with Crippen LogP contribution in [0.2, 0.25) is 0 Å². The third-order valence-electron chi connectivity index (χ3n) is 7.31. The van der Waals surface area contributed by atoms with Gasteiger partial charge >= 0.3 is 5.97 Å². The second-order valence-corrected chi connectivity index (χ2v) is 11.6. The van der Waals surface area contributed by atoms with E-state index in [4.69, 9.17) is 4.74 Å². The predicted molar refractivity (Wildman–Crippen MR) is 151 cm³/mol. The van der Waals surface area contributed by atoms with E-state index in [2.05, 4.69) is 34.3 Å². The van der Waals surface area contributed by atoms with Gasteiger partial charge in [-0.05, 0) is 37.5 Å². The van der Waals surface area contributed by atoms with Crippen LogP contribution in [0.15, 0.2) is 12.2 Å². The zero-order valence-corrected chi connectivity index (χ0v) is 24.1. The molecule has 0 N–H and O–H groups in total. The van der Waals surface area contributed by atoms with Gasteiger partial charge in [-0.1, -0.05) is 150 Å². The molecule has 2 heteroatoms. The fourth-order valence-electron chi connectivity index (χ4n) is 4.79. The van der Waals surface area contributed by atoms with Gasteiger partial charge in [-0.2, -0.15) is 0 Å². The van der Waals surface area contributed by atoms with Gasteiger partial charge in [0.25, 0.3) is 0 Å². The van der Waals surface area contributed by atoms with Gasteiger partial charge in [0.15, 0.2) is 0 Å². The Hall–Kier alpha value is -0.790. The highest BCUT2D eigenvalue weighted by Gasteiger charge is 2.14. The highest BCUT2D eigenvalue weighted by Crippen LogP contribution is 2.23. The van der Waals surface area contributed by atoms with Crippen LogP contribution in [0.3, 0.4) is 0 Å². The summed E-state index contributed by atoms with van der Waals surface area (Å²) in [5.74, 6) is 1.91. The summed E-state index contributed by atoms with van der Waals surface area (Å²) in [6, 6.07) is 0. The van der Waals surface area contributed by atoms with Gasteiger partial charge in [0, 0.05) is 5.57 Å². The van der Waals surface area contributed by atoms with Gasteiger partial charge < -0.3 is 4.74 Å². The van der Waals surface area contributed by atoms with Crippen molar-refractivity contribution in [2.24, 2.45) is 17.8 Å². The van der Waals surface area contributed by atoms with E-state index in [1.807, 2.05) is 0 Å². The third kappa shape index (κ3) is 23.0. The maximum absolute atomic E-state index is 11.9. The Morgan fingerprint density at radius 3 is 1.62 bits per heavy atom. The van der Waals surface area contributed by atoms with Crippen LogP contribution >= 0.6 is 0 Å². The fourth-order valence-corrected chi connectivity index (χ4v) is 4.79. The van der Waals surface area contributed by atoms with Crippen LogP contribution < -0.4 is 0 Å². The van der Waals surface area contributed by atoms with Crippen molar-refractivity contribution in [3.8, 4) is 0 Å². The van der Waals surface area contributed by atoms with Gasteiger partial charge in [0.05, 0.1) is 6.61 Å². The summed E-state index contributed by atoms with van der Waals surface area (Å²) in [6.07, 6.45) is 27.1. The SMILES string of the molecule is C=C(C)C(=O)OCC(CCCCCCCCCC(C)C)CCC(C)CCCCCCCCCC. The van der Waals surface area contributed by atoms with Crippen molar-refractivity contribution in [1.82, 2.24) is 0 Å². The Kier molecular flexibility index (Phi) is 23.4. The monoisotopic (exact) mass is 478 g/mol. The van der Waals surface area contributed by atoms with Crippen LogP contribution in [-0.2, 0) is 9.53 Å². The molecular formula is C32H62O2. The van der Waals surface area contributed by atoms with E-state index >= 15 is 0 Å². The minimum Gasteiger partial charge on any atom is -0.462 e. The lowest BCUT2D eigenvalue weighted by molar-refractivity contribution is -0.140. The molecule has 0 radical (unpaired) electrons. The summed E-state index contributed by atoms with van der Waals surface area (Å²) < 4.78 is 5.55. The van der Waals surface area contributed by atoms with Crippen LogP contribution in [0, 0.1) is 17.8 Å².